The van der Waals surface area contributed by atoms with Crippen LogP contribution in [0.15, 0.2) is 65.9 Å². The second-order valence-electron chi connectivity index (χ2n) is 11.5. The van der Waals surface area contributed by atoms with Gasteiger partial charge < -0.3 is 15.5 Å². The van der Waals surface area contributed by atoms with E-state index in [2.05, 4.69) is 27.3 Å². The van der Waals surface area contributed by atoms with Crippen molar-refractivity contribution in [2.75, 3.05) is 26.2 Å². The zero-order valence-corrected chi connectivity index (χ0v) is 25.4. The Hall–Kier alpha value is -3.03. The van der Waals surface area contributed by atoms with Crippen LogP contribution >= 0.6 is 23.2 Å². The fourth-order valence-electron chi connectivity index (χ4n) is 6.43. The Kier molecular flexibility index (Phi) is 9.43. The fraction of sp³-hybridized carbons (Fsp3) is 0.424. The average Bonchev–Trinajstić information content (AvgIpc) is 3.24. The summed E-state index contributed by atoms with van der Waals surface area (Å²) in [4.78, 5) is 28.8. The van der Waals surface area contributed by atoms with Crippen molar-refractivity contribution in [1.82, 2.24) is 15.5 Å². The Bertz CT molecular complexity index is 1470. The van der Waals surface area contributed by atoms with Gasteiger partial charge in [0.1, 0.15) is 12.0 Å². The quantitative estimate of drug-likeness (QED) is 0.229. The number of nitrogens with one attached hydrogen (secondary N) is 2. The van der Waals surface area contributed by atoms with Gasteiger partial charge in [-0.05, 0) is 67.1 Å². The molecular formula is C33H34Cl2F3N3O2. The summed E-state index contributed by atoms with van der Waals surface area (Å²) in [7, 11) is 0. The van der Waals surface area contributed by atoms with Crippen molar-refractivity contribution in [1.29, 1.82) is 0 Å². The zero-order valence-electron chi connectivity index (χ0n) is 23.9. The van der Waals surface area contributed by atoms with Gasteiger partial charge in [0.25, 0.3) is 5.91 Å². The third kappa shape index (κ3) is 6.73. The molecule has 2 atom stereocenters. The Morgan fingerprint density at radius 2 is 1.74 bits per heavy atom. The summed E-state index contributed by atoms with van der Waals surface area (Å²) in [6.07, 6.45) is 2.76. The third-order valence-electron chi connectivity index (χ3n) is 8.52. The van der Waals surface area contributed by atoms with Crippen LogP contribution in [0, 0.1) is 5.92 Å². The zero-order chi connectivity index (χ0) is 30.8. The number of allylic oxidation sites excluding steroid dienone is 2. The van der Waals surface area contributed by atoms with Gasteiger partial charge in [0.15, 0.2) is 0 Å². The molecule has 0 saturated carbocycles. The van der Waals surface area contributed by atoms with Gasteiger partial charge in [-0.3, -0.25) is 9.59 Å². The normalized spacial score (nSPS) is 22.0. The van der Waals surface area contributed by atoms with Gasteiger partial charge in [0, 0.05) is 30.6 Å². The topological polar surface area (TPSA) is 61.4 Å². The summed E-state index contributed by atoms with van der Waals surface area (Å²) in [5, 5.41) is 5.86. The van der Waals surface area contributed by atoms with Gasteiger partial charge in [0.05, 0.1) is 15.6 Å². The molecule has 2 aliphatic carbocycles. The van der Waals surface area contributed by atoms with E-state index in [0.29, 0.717) is 28.5 Å². The smallest absolute Gasteiger partial charge is 0.349 e. The molecular weight excluding hydrogens is 598 g/mol. The van der Waals surface area contributed by atoms with Crippen LogP contribution in [0.4, 0.5) is 13.2 Å². The van der Waals surface area contributed by atoms with Gasteiger partial charge in [-0.1, -0.05) is 73.0 Å². The minimum Gasteiger partial charge on any atom is -0.349 e. The van der Waals surface area contributed by atoms with Crippen molar-refractivity contribution < 1.29 is 22.8 Å². The lowest BCUT2D eigenvalue weighted by molar-refractivity contribution is -0.141. The van der Waals surface area contributed by atoms with Crippen LogP contribution in [0.1, 0.15) is 60.5 Å². The second-order valence-corrected chi connectivity index (χ2v) is 12.3. The van der Waals surface area contributed by atoms with Crippen LogP contribution in [0.25, 0.3) is 5.57 Å². The molecule has 1 fully saturated rings. The van der Waals surface area contributed by atoms with E-state index in [1.54, 1.807) is 18.2 Å². The molecule has 43 heavy (non-hydrogen) atoms. The maximum absolute atomic E-state index is 13.7. The van der Waals surface area contributed by atoms with Crippen LogP contribution < -0.4 is 10.6 Å². The lowest BCUT2D eigenvalue weighted by Gasteiger charge is -2.33. The van der Waals surface area contributed by atoms with Crippen LogP contribution in [0.2, 0.25) is 10.0 Å². The molecule has 10 heteroatoms. The molecule has 0 spiro atoms. The number of hydrogen-bond donors (Lipinski definition) is 2. The molecule has 5 rings (SSSR count). The highest BCUT2D eigenvalue weighted by molar-refractivity contribution is 6.39. The van der Waals surface area contributed by atoms with E-state index in [4.69, 9.17) is 23.2 Å². The van der Waals surface area contributed by atoms with Crippen molar-refractivity contribution in [2.24, 2.45) is 5.92 Å². The largest absolute Gasteiger partial charge is 0.405 e. The summed E-state index contributed by atoms with van der Waals surface area (Å²) in [5.74, 6) is -0.814. The first-order chi connectivity index (χ1) is 20.5. The molecule has 2 aromatic rings. The number of carbonyl (C=O) groups is 2. The third-order valence-corrected chi connectivity index (χ3v) is 9.15. The van der Waals surface area contributed by atoms with E-state index < -0.39 is 24.0 Å². The van der Waals surface area contributed by atoms with E-state index in [1.807, 2.05) is 37.3 Å². The molecule has 0 bridgehead atoms. The van der Waals surface area contributed by atoms with E-state index >= 15 is 0 Å². The van der Waals surface area contributed by atoms with Crippen molar-refractivity contribution in [3.05, 3.63) is 92.7 Å². The standard InChI is InChI=1S/C33H34Cl2F3N3O2/c1-21-11-12-26-24(19-21)23-7-2-3-8-25(23)32(26,31(43)39-20-33(36,37)38)15-4-5-16-41-17-13-22(14-18-41)40-30(42)29-27(34)9-6-10-28(29)35/h2-3,6-11,19,21-22H,4-5,13-18,20H2,1H3,(H,39,43)(H,40,42). The van der Waals surface area contributed by atoms with E-state index in [1.165, 1.54) is 0 Å². The minimum atomic E-state index is -4.51. The van der Waals surface area contributed by atoms with Crippen LogP contribution in [-0.2, 0) is 10.2 Å². The number of alkyl halides is 3. The first-order valence-electron chi connectivity index (χ1n) is 14.6. The highest BCUT2D eigenvalue weighted by atomic mass is 35.5. The number of carbonyl (C=O) groups excluding carboxylic acids is 2. The molecule has 0 aromatic heterocycles. The number of benzene rings is 2. The summed E-state index contributed by atoms with van der Waals surface area (Å²) in [5.41, 5.74) is 5.50. The highest BCUT2D eigenvalue weighted by Gasteiger charge is 2.51. The summed E-state index contributed by atoms with van der Waals surface area (Å²) < 4.78 is 39.4. The van der Waals surface area contributed by atoms with Gasteiger partial charge in [-0.25, -0.2) is 0 Å². The minimum absolute atomic E-state index is 0.00398. The van der Waals surface area contributed by atoms with Crippen LogP contribution in [-0.4, -0.2) is 55.1 Å². The van der Waals surface area contributed by atoms with Gasteiger partial charge in [0.2, 0.25) is 5.91 Å². The molecule has 0 radical (unpaired) electrons. The highest BCUT2D eigenvalue weighted by Crippen LogP contribution is 2.53. The number of rotatable bonds is 9. The van der Waals surface area contributed by atoms with Crippen molar-refractivity contribution >= 4 is 40.6 Å². The Labute approximate surface area is 259 Å². The fourth-order valence-corrected chi connectivity index (χ4v) is 7.00. The maximum atomic E-state index is 13.7. The predicted molar refractivity (Wildman–Crippen MR) is 163 cm³/mol. The molecule has 2 aromatic carbocycles. The molecule has 1 heterocycles. The van der Waals surface area contributed by atoms with Crippen molar-refractivity contribution in [2.45, 2.75) is 56.7 Å². The van der Waals surface area contributed by atoms with Gasteiger partial charge in [-0.2, -0.15) is 13.2 Å². The van der Waals surface area contributed by atoms with Gasteiger partial charge >= 0.3 is 6.18 Å². The number of unbranched alkanes of at least 4 members (excludes halogenated alkanes) is 1. The SMILES string of the molecule is CC1C=C=C2C(=C1)c1ccccc1C2(CCCCN1CCC(NC(=O)c2c(Cl)cccc2Cl)CC1)C(=O)NCC(F)(F)F. The Morgan fingerprint density at radius 1 is 1.05 bits per heavy atom. The number of hydrogen-bond acceptors (Lipinski definition) is 3. The molecule has 3 aliphatic rings. The summed E-state index contributed by atoms with van der Waals surface area (Å²) in [6, 6.07) is 12.5. The van der Waals surface area contributed by atoms with Crippen LogP contribution in [0.3, 0.4) is 0 Å². The number of halogens is 5. The molecule has 5 nitrogen and oxygen atoms in total. The lowest BCUT2D eigenvalue weighted by Crippen LogP contribution is -2.47. The van der Waals surface area contributed by atoms with Crippen molar-refractivity contribution in [3.63, 3.8) is 0 Å². The molecule has 2 unspecified atom stereocenters. The summed E-state index contributed by atoms with van der Waals surface area (Å²) >= 11 is 12.4. The van der Waals surface area contributed by atoms with E-state index in [9.17, 15) is 22.8 Å². The molecule has 1 saturated heterocycles. The second kappa shape index (κ2) is 12.9. The number of fused-ring (bicyclic) bond motifs is 3. The summed E-state index contributed by atoms with van der Waals surface area (Å²) in [6.45, 7) is 3.01. The Balaban J connectivity index is 1.22. The molecule has 1 aliphatic heterocycles. The number of amides is 2. The predicted octanol–water partition coefficient (Wildman–Crippen LogP) is 7.10. The molecule has 2 amide bonds. The maximum Gasteiger partial charge on any atom is 0.405 e. The van der Waals surface area contributed by atoms with Crippen molar-refractivity contribution in [3.8, 4) is 0 Å². The average molecular weight is 633 g/mol. The Morgan fingerprint density at radius 3 is 2.44 bits per heavy atom. The van der Waals surface area contributed by atoms with Crippen LogP contribution in [0.5, 0.6) is 0 Å². The number of nitrogens with zero attached hydrogens (tertiary/aromatic N) is 1. The number of likely N-dealkylation sites (tertiary alicyclic amines) is 1. The van der Waals surface area contributed by atoms with Gasteiger partial charge in [-0.15, -0.1) is 5.73 Å². The first-order valence-corrected chi connectivity index (χ1v) is 15.4. The molecule has 2 N–H and O–H groups in total. The molecule has 228 valence electrons. The van der Waals surface area contributed by atoms with E-state index in [0.717, 1.165) is 55.6 Å². The first kappa shape index (κ1) is 31.4. The lowest BCUT2D eigenvalue weighted by atomic mass is 9.72. The number of piperidine rings is 1. The van der Waals surface area contributed by atoms with E-state index in [-0.39, 0.29) is 23.4 Å². The monoisotopic (exact) mass is 631 g/mol.